The van der Waals surface area contributed by atoms with E-state index in [0.717, 1.165) is 0 Å². The molecular weight excluding hydrogens is 275 g/mol. The first-order chi connectivity index (χ1) is 8.56. The zero-order valence-electron chi connectivity index (χ0n) is 9.54. The lowest BCUT2D eigenvalue weighted by molar-refractivity contribution is 0.274. The summed E-state index contributed by atoms with van der Waals surface area (Å²) in [4.78, 5) is 0. The molecule has 1 aromatic carbocycles. The zero-order valence-corrected chi connectivity index (χ0v) is 11.0. The second-order valence-electron chi connectivity index (χ2n) is 4.22. The standard InChI is InChI=1S/C12H10Cl2N2O2/c1-6-10(15)11(18-16-6)12(5-17-12)9-7(13)3-2-4-8(9)14/h2-4H,5,15H2,1H3. The minimum atomic E-state index is -0.791. The molecule has 4 nitrogen and oxygen atoms in total. The van der Waals surface area contributed by atoms with Crippen LogP contribution in [-0.2, 0) is 10.3 Å². The molecule has 2 aromatic rings. The first-order valence-corrected chi connectivity index (χ1v) is 6.12. The van der Waals surface area contributed by atoms with E-state index in [4.69, 9.17) is 38.2 Å². The number of epoxide rings is 1. The van der Waals surface area contributed by atoms with Crippen molar-refractivity contribution >= 4 is 28.9 Å². The third-order valence-corrected chi connectivity index (χ3v) is 3.70. The maximum Gasteiger partial charge on any atom is 0.198 e. The summed E-state index contributed by atoms with van der Waals surface area (Å²) >= 11 is 12.4. The molecule has 0 aliphatic carbocycles. The maximum atomic E-state index is 6.20. The van der Waals surface area contributed by atoms with Crippen LogP contribution in [0.15, 0.2) is 22.7 Å². The number of anilines is 1. The van der Waals surface area contributed by atoms with Crippen molar-refractivity contribution in [1.29, 1.82) is 0 Å². The number of hydrogen-bond donors (Lipinski definition) is 1. The quantitative estimate of drug-likeness (QED) is 0.861. The molecule has 1 aromatic heterocycles. The van der Waals surface area contributed by atoms with Gasteiger partial charge in [0, 0.05) is 15.6 Å². The predicted octanol–water partition coefficient (Wildman–Crippen LogP) is 3.15. The highest BCUT2D eigenvalue weighted by atomic mass is 35.5. The van der Waals surface area contributed by atoms with Crippen LogP contribution < -0.4 is 5.73 Å². The SMILES string of the molecule is Cc1noc(C2(c3c(Cl)cccc3Cl)CO2)c1N. The van der Waals surface area contributed by atoms with E-state index in [1.54, 1.807) is 25.1 Å². The van der Waals surface area contributed by atoms with Crippen LogP contribution in [-0.4, -0.2) is 11.8 Å². The number of rotatable bonds is 2. The Labute approximate surface area is 114 Å². The molecule has 0 spiro atoms. The summed E-state index contributed by atoms with van der Waals surface area (Å²) in [5, 5.41) is 4.88. The van der Waals surface area contributed by atoms with Gasteiger partial charge in [-0.25, -0.2) is 0 Å². The summed E-state index contributed by atoms with van der Waals surface area (Å²) in [6, 6.07) is 5.29. The molecule has 6 heteroatoms. The van der Waals surface area contributed by atoms with Crippen molar-refractivity contribution in [2.24, 2.45) is 0 Å². The van der Waals surface area contributed by atoms with Gasteiger partial charge >= 0.3 is 0 Å². The van der Waals surface area contributed by atoms with Crippen LogP contribution in [0.1, 0.15) is 17.0 Å². The number of ether oxygens (including phenoxy) is 1. The molecule has 94 valence electrons. The van der Waals surface area contributed by atoms with Gasteiger partial charge in [-0.1, -0.05) is 34.4 Å². The lowest BCUT2D eigenvalue weighted by atomic mass is 9.96. The molecule has 2 heterocycles. The summed E-state index contributed by atoms with van der Waals surface area (Å²) < 4.78 is 10.8. The van der Waals surface area contributed by atoms with Crippen molar-refractivity contribution in [1.82, 2.24) is 5.16 Å². The number of nitrogen functional groups attached to an aromatic ring is 1. The number of hydrogen-bond acceptors (Lipinski definition) is 4. The van der Waals surface area contributed by atoms with E-state index in [9.17, 15) is 0 Å². The lowest BCUT2D eigenvalue weighted by Gasteiger charge is -2.13. The Balaban J connectivity index is 2.20. The molecule has 1 fully saturated rings. The molecule has 0 saturated carbocycles. The fourth-order valence-corrected chi connectivity index (χ4v) is 2.72. The Morgan fingerprint density at radius 3 is 2.39 bits per heavy atom. The average Bonchev–Trinajstić information content (AvgIpc) is 3.03. The highest BCUT2D eigenvalue weighted by Crippen LogP contribution is 2.52. The van der Waals surface area contributed by atoms with E-state index >= 15 is 0 Å². The van der Waals surface area contributed by atoms with Gasteiger partial charge < -0.3 is 15.0 Å². The largest absolute Gasteiger partial charge is 0.394 e. The Bertz CT molecular complexity index is 600. The Hall–Kier alpha value is -1.23. The Kier molecular flexibility index (Phi) is 2.55. The number of nitrogens with two attached hydrogens (primary N) is 1. The molecule has 1 aliphatic rings. The van der Waals surface area contributed by atoms with Gasteiger partial charge in [0.05, 0.1) is 6.61 Å². The van der Waals surface area contributed by atoms with Crippen molar-refractivity contribution in [3.8, 4) is 0 Å². The molecule has 3 rings (SSSR count). The van der Waals surface area contributed by atoms with Gasteiger partial charge in [0.2, 0.25) is 0 Å². The molecule has 0 amide bonds. The average molecular weight is 285 g/mol. The topological polar surface area (TPSA) is 64.6 Å². The van der Waals surface area contributed by atoms with Gasteiger partial charge in [-0.3, -0.25) is 0 Å². The smallest absolute Gasteiger partial charge is 0.198 e. The number of aromatic nitrogens is 1. The third-order valence-electron chi connectivity index (χ3n) is 3.07. The second-order valence-corrected chi connectivity index (χ2v) is 5.04. The summed E-state index contributed by atoms with van der Waals surface area (Å²) in [5.41, 5.74) is 6.93. The molecular formula is C12H10Cl2N2O2. The molecule has 18 heavy (non-hydrogen) atoms. The minimum Gasteiger partial charge on any atom is -0.394 e. The number of nitrogens with zero attached hydrogens (tertiary/aromatic N) is 1. The van der Waals surface area contributed by atoms with E-state index in [0.29, 0.717) is 39.4 Å². The predicted molar refractivity (Wildman–Crippen MR) is 68.8 cm³/mol. The number of halogens is 2. The summed E-state index contributed by atoms with van der Waals surface area (Å²) in [5.74, 6) is 0.468. The van der Waals surface area contributed by atoms with Crippen LogP contribution >= 0.6 is 23.2 Å². The van der Waals surface area contributed by atoms with Gasteiger partial charge in [0.25, 0.3) is 0 Å². The Morgan fingerprint density at radius 1 is 1.33 bits per heavy atom. The monoisotopic (exact) mass is 284 g/mol. The van der Waals surface area contributed by atoms with E-state index in [1.807, 2.05) is 0 Å². The van der Waals surface area contributed by atoms with Crippen LogP contribution in [0.25, 0.3) is 0 Å². The molecule has 1 unspecified atom stereocenters. The number of benzene rings is 1. The zero-order chi connectivity index (χ0) is 12.9. The van der Waals surface area contributed by atoms with Gasteiger partial charge in [0.15, 0.2) is 11.4 Å². The summed E-state index contributed by atoms with van der Waals surface area (Å²) in [7, 11) is 0. The fourth-order valence-electron chi connectivity index (χ4n) is 2.01. The molecule has 1 atom stereocenters. The fraction of sp³-hybridized carbons (Fsp3) is 0.250. The van der Waals surface area contributed by atoms with Crippen molar-refractivity contribution in [2.75, 3.05) is 12.3 Å². The second kappa shape index (κ2) is 3.88. The van der Waals surface area contributed by atoms with Gasteiger partial charge in [-0.05, 0) is 19.1 Å². The maximum absolute atomic E-state index is 6.20. The first-order valence-electron chi connectivity index (χ1n) is 5.37. The molecule has 0 bridgehead atoms. The van der Waals surface area contributed by atoms with E-state index in [-0.39, 0.29) is 0 Å². The minimum absolute atomic E-state index is 0.426. The molecule has 1 aliphatic heterocycles. The number of aryl methyl sites for hydroxylation is 1. The highest BCUT2D eigenvalue weighted by Gasteiger charge is 2.55. The molecule has 2 N–H and O–H groups in total. The van der Waals surface area contributed by atoms with Crippen LogP contribution in [0.4, 0.5) is 5.69 Å². The van der Waals surface area contributed by atoms with Gasteiger partial charge in [-0.2, -0.15) is 0 Å². The molecule has 1 saturated heterocycles. The summed E-state index contributed by atoms with van der Waals surface area (Å²) in [6.45, 7) is 2.20. The van der Waals surface area contributed by atoms with E-state index < -0.39 is 5.60 Å². The first kappa shape index (κ1) is 11.8. The Morgan fingerprint density at radius 2 is 1.94 bits per heavy atom. The van der Waals surface area contributed by atoms with Crippen molar-refractivity contribution in [3.05, 3.63) is 45.3 Å². The van der Waals surface area contributed by atoms with Gasteiger partial charge in [0.1, 0.15) is 11.4 Å². The van der Waals surface area contributed by atoms with Crippen molar-refractivity contribution in [3.63, 3.8) is 0 Å². The van der Waals surface area contributed by atoms with Crippen molar-refractivity contribution in [2.45, 2.75) is 12.5 Å². The van der Waals surface area contributed by atoms with Gasteiger partial charge in [-0.15, -0.1) is 0 Å². The lowest BCUT2D eigenvalue weighted by Crippen LogP contribution is -2.13. The van der Waals surface area contributed by atoms with E-state index in [1.165, 1.54) is 0 Å². The van der Waals surface area contributed by atoms with Crippen LogP contribution in [0.2, 0.25) is 10.0 Å². The van der Waals surface area contributed by atoms with Crippen LogP contribution in [0.5, 0.6) is 0 Å². The third kappa shape index (κ3) is 1.53. The molecule has 0 radical (unpaired) electrons. The van der Waals surface area contributed by atoms with E-state index in [2.05, 4.69) is 5.16 Å². The summed E-state index contributed by atoms with van der Waals surface area (Å²) in [6.07, 6.45) is 0. The van der Waals surface area contributed by atoms with Crippen LogP contribution in [0, 0.1) is 6.92 Å². The normalized spacial score (nSPS) is 22.2. The highest BCUT2D eigenvalue weighted by molar-refractivity contribution is 6.36. The van der Waals surface area contributed by atoms with Crippen LogP contribution in [0.3, 0.4) is 0 Å². The van der Waals surface area contributed by atoms with Crippen molar-refractivity contribution < 1.29 is 9.26 Å².